The standard InChI is InChI=1S/C13H14N4O4/c1-13(2,12(18)19)17-11(14-15-16-17)10-7-20-8-5-3-4-6-9(8)21-10/h3-6,10H,7H2,1-2H3,(H,18,19). The number of hydrogen-bond acceptors (Lipinski definition) is 6. The molecule has 1 aromatic heterocycles. The molecule has 1 aliphatic heterocycles. The zero-order chi connectivity index (χ0) is 15.0. The minimum absolute atomic E-state index is 0.215. The molecule has 2 aromatic rings. The third-order valence-electron chi connectivity index (χ3n) is 3.34. The van der Waals surface area contributed by atoms with Crippen LogP contribution < -0.4 is 9.47 Å². The minimum atomic E-state index is -1.28. The van der Waals surface area contributed by atoms with Gasteiger partial charge in [-0.15, -0.1) is 5.10 Å². The molecule has 0 radical (unpaired) electrons. The van der Waals surface area contributed by atoms with Crippen molar-refractivity contribution in [2.24, 2.45) is 0 Å². The van der Waals surface area contributed by atoms with Gasteiger partial charge >= 0.3 is 5.97 Å². The Hall–Kier alpha value is -2.64. The van der Waals surface area contributed by atoms with E-state index in [1.165, 1.54) is 18.5 Å². The van der Waals surface area contributed by atoms with Gasteiger partial charge in [0.2, 0.25) is 0 Å². The Labute approximate surface area is 120 Å². The molecule has 0 aliphatic carbocycles. The van der Waals surface area contributed by atoms with Gasteiger partial charge in [-0.3, -0.25) is 0 Å². The monoisotopic (exact) mass is 290 g/mol. The molecule has 2 heterocycles. The average Bonchev–Trinajstić information content (AvgIpc) is 2.96. The normalized spacial score (nSPS) is 17.5. The van der Waals surface area contributed by atoms with Crippen molar-refractivity contribution in [1.82, 2.24) is 20.2 Å². The maximum absolute atomic E-state index is 11.4. The Morgan fingerprint density at radius 3 is 2.81 bits per heavy atom. The van der Waals surface area contributed by atoms with Gasteiger partial charge in [0, 0.05) is 0 Å². The molecule has 1 atom stereocenters. The van der Waals surface area contributed by atoms with Crippen LogP contribution in [0.2, 0.25) is 0 Å². The number of aliphatic carboxylic acids is 1. The molecule has 0 spiro atoms. The summed E-state index contributed by atoms with van der Waals surface area (Å²) in [6.07, 6.45) is -0.562. The fourth-order valence-corrected chi connectivity index (χ4v) is 2.03. The highest BCUT2D eigenvalue weighted by Crippen LogP contribution is 2.35. The van der Waals surface area contributed by atoms with Gasteiger partial charge in [-0.1, -0.05) is 12.1 Å². The van der Waals surface area contributed by atoms with Gasteiger partial charge in [-0.05, 0) is 36.4 Å². The molecule has 110 valence electrons. The van der Waals surface area contributed by atoms with Gasteiger partial charge in [0.1, 0.15) is 6.61 Å². The number of aromatic nitrogens is 4. The van der Waals surface area contributed by atoms with Crippen LogP contribution in [0.3, 0.4) is 0 Å². The van der Waals surface area contributed by atoms with E-state index in [2.05, 4.69) is 15.5 Å². The first-order valence-corrected chi connectivity index (χ1v) is 6.41. The van der Waals surface area contributed by atoms with Crippen molar-refractivity contribution in [3.63, 3.8) is 0 Å². The molecule has 0 bridgehead atoms. The van der Waals surface area contributed by atoms with Gasteiger partial charge in [-0.25, -0.2) is 9.48 Å². The number of rotatable bonds is 3. The van der Waals surface area contributed by atoms with Crippen LogP contribution in [0.25, 0.3) is 0 Å². The Morgan fingerprint density at radius 2 is 2.10 bits per heavy atom. The predicted octanol–water partition coefficient (Wildman–Crippen LogP) is 1.01. The van der Waals surface area contributed by atoms with Crippen LogP contribution in [0.15, 0.2) is 24.3 Å². The molecule has 3 rings (SSSR count). The van der Waals surface area contributed by atoms with Gasteiger partial charge in [0.25, 0.3) is 0 Å². The van der Waals surface area contributed by atoms with Gasteiger partial charge in [0.15, 0.2) is 29.0 Å². The predicted molar refractivity (Wildman–Crippen MR) is 70.1 cm³/mol. The van der Waals surface area contributed by atoms with Crippen LogP contribution in [0, 0.1) is 0 Å². The van der Waals surface area contributed by atoms with E-state index >= 15 is 0 Å². The molecule has 8 heteroatoms. The summed E-state index contributed by atoms with van der Waals surface area (Å²) in [6, 6.07) is 7.25. The number of nitrogens with zero attached hydrogens (tertiary/aromatic N) is 4. The van der Waals surface area contributed by atoms with Crippen LogP contribution in [0.4, 0.5) is 0 Å². The molecule has 0 saturated carbocycles. The van der Waals surface area contributed by atoms with E-state index in [-0.39, 0.29) is 6.61 Å². The summed E-state index contributed by atoms with van der Waals surface area (Å²) < 4.78 is 12.7. The summed E-state index contributed by atoms with van der Waals surface area (Å²) in [5, 5.41) is 20.5. The third kappa shape index (κ3) is 2.18. The lowest BCUT2D eigenvalue weighted by Gasteiger charge is -2.28. The molecule has 1 N–H and O–H groups in total. The second-order valence-electron chi connectivity index (χ2n) is 5.18. The molecule has 0 fully saturated rings. The summed E-state index contributed by atoms with van der Waals surface area (Å²) in [7, 11) is 0. The summed E-state index contributed by atoms with van der Waals surface area (Å²) in [4.78, 5) is 11.4. The summed E-state index contributed by atoms with van der Waals surface area (Å²) >= 11 is 0. The van der Waals surface area contributed by atoms with E-state index in [9.17, 15) is 9.90 Å². The van der Waals surface area contributed by atoms with E-state index in [0.29, 0.717) is 17.3 Å². The number of hydrogen-bond donors (Lipinski definition) is 1. The number of ether oxygens (including phenoxy) is 2. The number of fused-ring (bicyclic) bond motifs is 1. The number of carbonyl (C=O) groups is 1. The Bertz CT molecular complexity index is 682. The van der Waals surface area contributed by atoms with E-state index in [1.807, 2.05) is 12.1 Å². The van der Waals surface area contributed by atoms with E-state index in [1.54, 1.807) is 12.1 Å². The van der Waals surface area contributed by atoms with Gasteiger partial charge < -0.3 is 14.6 Å². The van der Waals surface area contributed by atoms with Crippen LogP contribution in [0.5, 0.6) is 11.5 Å². The van der Waals surface area contributed by atoms with Crippen molar-refractivity contribution in [2.45, 2.75) is 25.5 Å². The zero-order valence-electron chi connectivity index (χ0n) is 11.6. The lowest BCUT2D eigenvalue weighted by molar-refractivity contribution is -0.146. The zero-order valence-corrected chi connectivity index (χ0v) is 11.6. The maximum Gasteiger partial charge on any atom is 0.331 e. The number of para-hydroxylation sites is 2. The highest BCUT2D eigenvalue weighted by atomic mass is 16.6. The fraction of sp³-hybridized carbons (Fsp3) is 0.385. The van der Waals surface area contributed by atoms with E-state index in [0.717, 1.165) is 0 Å². The number of carboxylic acid groups (broad SMARTS) is 1. The minimum Gasteiger partial charge on any atom is -0.485 e. The lowest BCUT2D eigenvalue weighted by Crippen LogP contribution is -2.39. The SMILES string of the molecule is CC(C)(C(=O)O)n1nnnc1C1COc2ccccc2O1. The first-order valence-electron chi connectivity index (χ1n) is 6.41. The van der Waals surface area contributed by atoms with Crippen molar-refractivity contribution in [1.29, 1.82) is 0 Å². The summed E-state index contributed by atoms with van der Waals surface area (Å²) in [6.45, 7) is 3.26. The quantitative estimate of drug-likeness (QED) is 0.900. The molecule has 0 amide bonds. The summed E-state index contributed by atoms with van der Waals surface area (Å²) in [5.41, 5.74) is -1.28. The van der Waals surface area contributed by atoms with E-state index < -0.39 is 17.6 Å². The third-order valence-corrected chi connectivity index (χ3v) is 3.34. The molecular formula is C13H14N4O4. The largest absolute Gasteiger partial charge is 0.485 e. The molecule has 1 unspecified atom stereocenters. The second kappa shape index (κ2) is 4.72. The van der Waals surface area contributed by atoms with E-state index in [4.69, 9.17) is 9.47 Å². The average molecular weight is 290 g/mol. The molecule has 1 aliphatic rings. The lowest BCUT2D eigenvalue weighted by atomic mass is 10.1. The highest BCUT2D eigenvalue weighted by molar-refractivity contribution is 5.75. The highest BCUT2D eigenvalue weighted by Gasteiger charge is 2.37. The Morgan fingerprint density at radius 1 is 1.38 bits per heavy atom. The number of carboxylic acids is 1. The summed E-state index contributed by atoms with van der Waals surface area (Å²) in [5.74, 6) is 0.506. The number of benzene rings is 1. The molecule has 0 saturated heterocycles. The number of tetrazole rings is 1. The fourth-order valence-electron chi connectivity index (χ4n) is 2.03. The van der Waals surface area contributed by atoms with Gasteiger partial charge in [0.05, 0.1) is 0 Å². The van der Waals surface area contributed by atoms with Crippen LogP contribution >= 0.6 is 0 Å². The van der Waals surface area contributed by atoms with Crippen LogP contribution in [-0.2, 0) is 10.3 Å². The Balaban J connectivity index is 1.94. The maximum atomic E-state index is 11.4. The molecular weight excluding hydrogens is 276 g/mol. The van der Waals surface area contributed by atoms with Crippen molar-refractivity contribution < 1.29 is 19.4 Å². The second-order valence-corrected chi connectivity index (χ2v) is 5.18. The van der Waals surface area contributed by atoms with Crippen LogP contribution in [0.1, 0.15) is 25.8 Å². The van der Waals surface area contributed by atoms with Gasteiger partial charge in [-0.2, -0.15) is 0 Å². The van der Waals surface area contributed by atoms with Crippen molar-refractivity contribution in [3.05, 3.63) is 30.1 Å². The van der Waals surface area contributed by atoms with Crippen molar-refractivity contribution in [3.8, 4) is 11.5 Å². The van der Waals surface area contributed by atoms with Crippen molar-refractivity contribution >= 4 is 5.97 Å². The Kier molecular flexibility index (Phi) is 3.00. The smallest absolute Gasteiger partial charge is 0.331 e. The topological polar surface area (TPSA) is 99.4 Å². The van der Waals surface area contributed by atoms with Crippen molar-refractivity contribution in [2.75, 3.05) is 6.61 Å². The first kappa shape index (κ1) is 13.3. The van der Waals surface area contributed by atoms with Crippen LogP contribution in [-0.4, -0.2) is 37.9 Å². The molecule has 21 heavy (non-hydrogen) atoms. The molecule has 8 nitrogen and oxygen atoms in total. The molecule has 1 aromatic carbocycles. The first-order chi connectivity index (χ1) is 10.00.